The number of carbonyl (C=O) groups excluding carboxylic acids is 1. The third-order valence-electron chi connectivity index (χ3n) is 3.79. The van der Waals surface area contributed by atoms with E-state index >= 15 is 0 Å². The summed E-state index contributed by atoms with van der Waals surface area (Å²) in [6.07, 6.45) is 0. The number of carbonyl (C=O) groups is 1. The number of rotatable bonds is 7. The second-order valence-corrected chi connectivity index (χ2v) is 10.1. The van der Waals surface area contributed by atoms with Crippen LogP contribution in [0, 0.1) is 0 Å². The van der Waals surface area contributed by atoms with Gasteiger partial charge in [-0.1, -0.05) is 60.7 Å². The molecule has 0 radical (unpaired) electrons. The van der Waals surface area contributed by atoms with Crippen molar-refractivity contribution in [1.82, 2.24) is 10.0 Å². The molecule has 0 saturated carbocycles. The van der Waals surface area contributed by atoms with Crippen molar-refractivity contribution in [2.24, 2.45) is 0 Å². The first-order valence-electron chi connectivity index (χ1n) is 8.10. The van der Waals surface area contributed by atoms with Gasteiger partial charge in [0.1, 0.15) is 10.3 Å². The lowest BCUT2D eigenvalue weighted by atomic mass is 10.1. The molecule has 0 aliphatic carbocycles. The maximum absolute atomic E-state index is 12.8. The van der Waals surface area contributed by atoms with Crippen LogP contribution in [0.1, 0.15) is 17.2 Å². The molecule has 8 heteroatoms. The van der Waals surface area contributed by atoms with Crippen molar-refractivity contribution in [2.75, 3.05) is 0 Å². The number of amides is 1. The number of benzene rings is 2. The predicted octanol–water partition coefficient (Wildman–Crippen LogP) is 3.85. The summed E-state index contributed by atoms with van der Waals surface area (Å²) in [5.74, 6) is -0.413. The molecule has 0 unspecified atom stereocenters. The molecule has 27 heavy (non-hydrogen) atoms. The van der Waals surface area contributed by atoms with Crippen molar-refractivity contribution in [3.05, 3.63) is 87.7 Å². The van der Waals surface area contributed by atoms with E-state index in [-0.39, 0.29) is 4.21 Å². The number of nitrogens with one attached hydrogen (secondary N) is 2. The van der Waals surface area contributed by atoms with Gasteiger partial charge in [0.25, 0.3) is 10.0 Å². The molecule has 1 amide bonds. The van der Waals surface area contributed by atoms with Gasteiger partial charge in [-0.3, -0.25) is 4.79 Å². The first-order chi connectivity index (χ1) is 13.0. The maximum Gasteiger partial charge on any atom is 0.251 e. The fourth-order valence-electron chi connectivity index (χ4n) is 2.46. The molecule has 3 rings (SSSR count). The average molecular weight is 465 g/mol. The Balaban J connectivity index is 1.82. The third-order valence-corrected chi connectivity index (χ3v) is 7.33. The Morgan fingerprint density at radius 3 is 2.19 bits per heavy atom. The number of hydrogen-bond donors (Lipinski definition) is 2. The number of thiophene rings is 1. The minimum atomic E-state index is -3.84. The second-order valence-electron chi connectivity index (χ2n) is 5.73. The zero-order valence-corrected chi connectivity index (χ0v) is 17.4. The van der Waals surface area contributed by atoms with Crippen molar-refractivity contribution in [1.29, 1.82) is 0 Å². The highest BCUT2D eigenvalue weighted by Gasteiger charge is 2.28. The molecule has 1 aromatic heterocycles. The number of sulfonamides is 1. The highest BCUT2D eigenvalue weighted by Crippen LogP contribution is 2.27. The molecule has 3 aromatic rings. The SMILES string of the molecule is O=C(NCc1ccccc1)[C@H](NS(=O)(=O)c1ccc(Br)s1)c1ccccc1. The van der Waals surface area contributed by atoms with Crippen LogP contribution in [0.25, 0.3) is 0 Å². The summed E-state index contributed by atoms with van der Waals surface area (Å²) in [5, 5.41) is 2.81. The van der Waals surface area contributed by atoms with E-state index in [0.29, 0.717) is 15.9 Å². The molecule has 140 valence electrons. The molecule has 1 heterocycles. The summed E-state index contributed by atoms with van der Waals surface area (Å²) >= 11 is 4.35. The van der Waals surface area contributed by atoms with Crippen molar-refractivity contribution in [3.8, 4) is 0 Å². The van der Waals surface area contributed by atoms with E-state index in [1.54, 1.807) is 30.3 Å². The van der Waals surface area contributed by atoms with E-state index in [9.17, 15) is 13.2 Å². The van der Waals surface area contributed by atoms with Crippen LogP contribution >= 0.6 is 27.3 Å². The first kappa shape index (κ1) is 19.8. The van der Waals surface area contributed by atoms with E-state index in [1.807, 2.05) is 36.4 Å². The maximum atomic E-state index is 12.8. The molecule has 0 spiro atoms. The topological polar surface area (TPSA) is 75.3 Å². The van der Waals surface area contributed by atoms with Gasteiger partial charge in [0, 0.05) is 6.54 Å². The summed E-state index contributed by atoms with van der Waals surface area (Å²) in [6.45, 7) is 0.315. The second kappa shape index (κ2) is 8.79. The molecule has 0 bridgehead atoms. The minimum Gasteiger partial charge on any atom is -0.350 e. The smallest absolute Gasteiger partial charge is 0.251 e. The van der Waals surface area contributed by atoms with Crippen LogP contribution in [0.5, 0.6) is 0 Å². The van der Waals surface area contributed by atoms with Gasteiger partial charge in [-0.2, -0.15) is 4.72 Å². The van der Waals surface area contributed by atoms with Gasteiger partial charge in [0.15, 0.2) is 0 Å². The van der Waals surface area contributed by atoms with Gasteiger partial charge in [0.2, 0.25) is 5.91 Å². The van der Waals surface area contributed by atoms with Gasteiger partial charge in [-0.15, -0.1) is 11.3 Å². The van der Waals surface area contributed by atoms with E-state index in [4.69, 9.17) is 0 Å². The van der Waals surface area contributed by atoms with Gasteiger partial charge >= 0.3 is 0 Å². The molecular formula is C19H17BrN2O3S2. The summed E-state index contributed by atoms with van der Waals surface area (Å²) in [7, 11) is -3.84. The van der Waals surface area contributed by atoms with Crippen LogP contribution < -0.4 is 10.0 Å². The molecule has 2 N–H and O–H groups in total. The third kappa shape index (κ3) is 5.26. The van der Waals surface area contributed by atoms with Gasteiger partial charge in [0.05, 0.1) is 3.79 Å². The van der Waals surface area contributed by atoms with E-state index in [1.165, 1.54) is 6.07 Å². The van der Waals surface area contributed by atoms with Crippen LogP contribution in [0.4, 0.5) is 0 Å². The van der Waals surface area contributed by atoms with Crippen LogP contribution in [0.3, 0.4) is 0 Å². The zero-order valence-electron chi connectivity index (χ0n) is 14.1. The van der Waals surface area contributed by atoms with Crippen molar-refractivity contribution in [3.63, 3.8) is 0 Å². The monoisotopic (exact) mass is 464 g/mol. The quantitative estimate of drug-likeness (QED) is 0.557. The number of hydrogen-bond acceptors (Lipinski definition) is 4. The lowest BCUT2D eigenvalue weighted by Crippen LogP contribution is -2.39. The van der Waals surface area contributed by atoms with Crippen molar-refractivity contribution in [2.45, 2.75) is 16.8 Å². The van der Waals surface area contributed by atoms with Gasteiger partial charge in [-0.05, 0) is 39.2 Å². The summed E-state index contributed by atoms with van der Waals surface area (Å²) in [6, 6.07) is 20.4. The fourth-order valence-corrected chi connectivity index (χ4v) is 5.67. The lowest BCUT2D eigenvalue weighted by molar-refractivity contribution is -0.123. The summed E-state index contributed by atoms with van der Waals surface area (Å²) in [5.41, 5.74) is 1.50. The Kier molecular flexibility index (Phi) is 6.43. The Labute approximate surface area is 170 Å². The molecule has 0 aliphatic heterocycles. The van der Waals surface area contributed by atoms with Crippen LogP contribution in [-0.2, 0) is 21.4 Å². The molecule has 0 aliphatic rings. The zero-order chi connectivity index (χ0) is 19.3. The Morgan fingerprint density at radius 2 is 1.59 bits per heavy atom. The standard InChI is InChI=1S/C19H17BrN2O3S2/c20-16-11-12-17(26-16)27(24,25)22-18(15-9-5-2-6-10-15)19(23)21-13-14-7-3-1-4-8-14/h1-12,18,22H,13H2,(H,21,23)/t18-/m1/s1. The largest absolute Gasteiger partial charge is 0.350 e. The predicted molar refractivity (Wildman–Crippen MR) is 110 cm³/mol. The fraction of sp³-hybridized carbons (Fsp3) is 0.105. The van der Waals surface area contributed by atoms with Gasteiger partial charge < -0.3 is 5.32 Å². The molecular weight excluding hydrogens is 448 g/mol. The molecule has 0 fully saturated rings. The van der Waals surface area contributed by atoms with Crippen molar-refractivity contribution < 1.29 is 13.2 Å². The Bertz CT molecular complexity index is 1010. The lowest BCUT2D eigenvalue weighted by Gasteiger charge is -2.18. The Morgan fingerprint density at radius 1 is 0.963 bits per heavy atom. The highest BCUT2D eigenvalue weighted by atomic mass is 79.9. The minimum absolute atomic E-state index is 0.145. The van der Waals surface area contributed by atoms with Gasteiger partial charge in [-0.25, -0.2) is 8.42 Å². The van der Waals surface area contributed by atoms with E-state index in [0.717, 1.165) is 16.9 Å². The molecule has 0 saturated heterocycles. The number of halogens is 1. The van der Waals surface area contributed by atoms with Crippen molar-refractivity contribution >= 4 is 43.2 Å². The van der Waals surface area contributed by atoms with Crippen LogP contribution in [0.15, 0.2) is 80.8 Å². The van der Waals surface area contributed by atoms with Crippen LogP contribution in [-0.4, -0.2) is 14.3 Å². The van der Waals surface area contributed by atoms with Crippen LogP contribution in [0.2, 0.25) is 0 Å². The average Bonchev–Trinajstić information content (AvgIpc) is 3.13. The highest BCUT2D eigenvalue weighted by molar-refractivity contribution is 9.11. The molecule has 1 atom stereocenters. The molecule has 2 aromatic carbocycles. The van der Waals surface area contributed by atoms with E-state index < -0.39 is 22.0 Å². The summed E-state index contributed by atoms with van der Waals surface area (Å²) in [4.78, 5) is 12.8. The summed E-state index contributed by atoms with van der Waals surface area (Å²) < 4.78 is 28.8. The normalized spacial score (nSPS) is 12.5. The molecule has 5 nitrogen and oxygen atoms in total. The van der Waals surface area contributed by atoms with E-state index in [2.05, 4.69) is 26.0 Å². The Hall–Kier alpha value is -2.00. The first-order valence-corrected chi connectivity index (χ1v) is 11.2.